The van der Waals surface area contributed by atoms with E-state index in [0.29, 0.717) is 13.0 Å². The van der Waals surface area contributed by atoms with Gasteiger partial charge in [0.1, 0.15) is 0 Å². The number of benzene rings is 1. The second-order valence-electron chi connectivity index (χ2n) is 5.15. The smallest absolute Gasteiger partial charge is 0.241 e. The van der Waals surface area contributed by atoms with Gasteiger partial charge in [-0.2, -0.15) is 0 Å². The van der Waals surface area contributed by atoms with Crippen molar-refractivity contribution in [2.24, 2.45) is 5.73 Å². The third-order valence-electron chi connectivity index (χ3n) is 3.56. The van der Waals surface area contributed by atoms with Gasteiger partial charge in [-0.1, -0.05) is 13.3 Å². The van der Waals surface area contributed by atoms with Crippen molar-refractivity contribution in [3.63, 3.8) is 0 Å². The van der Waals surface area contributed by atoms with Gasteiger partial charge in [-0.25, -0.2) is 0 Å². The maximum Gasteiger partial charge on any atom is 0.241 e. The highest BCUT2D eigenvalue weighted by Gasteiger charge is 2.22. The minimum Gasteiger partial charge on any atom is -0.325 e. The number of anilines is 2. The molecule has 1 aromatic rings. The minimum atomic E-state index is -0.470. The summed E-state index contributed by atoms with van der Waals surface area (Å²) in [6.45, 7) is 4.27. The quantitative estimate of drug-likeness (QED) is 0.877. The lowest BCUT2D eigenvalue weighted by Crippen LogP contribution is -2.35. The Morgan fingerprint density at radius 3 is 2.85 bits per heavy atom. The molecule has 5 nitrogen and oxygen atoms in total. The number of nitrogens with zero attached hydrogens (tertiary/aromatic N) is 1. The van der Waals surface area contributed by atoms with E-state index in [9.17, 15) is 9.59 Å². The van der Waals surface area contributed by atoms with E-state index in [2.05, 4.69) is 5.32 Å². The normalized spacial score (nSPS) is 14.8. The summed E-state index contributed by atoms with van der Waals surface area (Å²) in [4.78, 5) is 25.1. The lowest BCUT2D eigenvalue weighted by atomic mass is 10.1. The number of hydrogen-bond donors (Lipinski definition) is 2. The van der Waals surface area contributed by atoms with Gasteiger partial charge >= 0.3 is 0 Å². The molecule has 0 fully saturated rings. The first-order chi connectivity index (χ1) is 9.52. The van der Waals surface area contributed by atoms with Gasteiger partial charge in [0.2, 0.25) is 11.8 Å². The fourth-order valence-electron chi connectivity index (χ4n) is 2.48. The van der Waals surface area contributed by atoms with Gasteiger partial charge in [0.15, 0.2) is 0 Å². The number of fused-ring (bicyclic) bond motifs is 1. The molecule has 20 heavy (non-hydrogen) atoms. The zero-order valence-electron chi connectivity index (χ0n) is 12.0. The van der Waals surface area contributed by atoms with Crippen LogP contribution in [-0.2, 0) is 16.0 Å². The number of nitrogens with one attached hydrogen (secondary N) is 1. The molecule has 1 aliphatic rings. The van der Waals surface area contributed by atoms with E-state index < -0.39 is 6.04 Å². The third kappa shape index (κ3) is 2.99. The Kier molecular flexibility index (Phi) is 4.39. The zero-order valence-corrected chi connectivity index (χ0v) is 12.0. The van der Waals surface area contributed by atoms with Crippen LogP contribution < -0.4 is 16.0 Å². The van der Waals surface area contributed by atoms with Gasteiger partial charge in [0.25, 0.3) is 0 Å². The van der Waals surface area contributed by atoms with Crippen LogP contribution in [0.25, 0.3) is 0 Å². The summed E-state index contributed by atoms with van der Waals surface area (Å²) in [5.74, 6) is -0.112. The maximum absolute atomic E-state index is 11.9. The summed E-state index contributed by atoms with van der Waals surface area (Å²) in [7, 11) is 0. The SMILES string of the molecule is CCC[C@@H](N)C(=O)Nc1ccc2c(c1)CCN2C(C)=O. The predicted octanol–water partition coefficient (Wildman–Crippen LogP) is 1.66. The summed E-state index contributed by atoms with van der Waals surface area (Å²) < 4.78 is 0. The van der Waals surface area contributed by atoms with Crippen molar-refractivity contribution < 1.29 is 9.59 Å². The molecular formula is C15H21N3O2. The Morgan fingerprint density at radius 2 is 2.20 bits per heavy atom. The van der Waals surface area contributed by atoms with Crippen LogP contribution in [0.5, 0.6) is 0 Å². The van der Waals surface area contributed by atoms with Crippen LogP contribution in [0.1, 0.15) is 32.3 Å². The van der Waals surface area contributed by atoms with E-state index in [0.717, 1.165) is 29.8 Å². The van der Waals surface area contributed by atoms with Gasteiger partial charge in [-0.05, 0) is 36.6 Å². The van der Waals surface area contributed by atoms with E-state index in [-0.39, 0.29) is 11.8 Å². The number of carbonyl (C=O) groups is 2. The Hall–Kier alpha value is -1.88. The Labute approximate surface area is 119 Å². The van der Waals surface area contributed by atoms with Crippen LogP contribution in [0.4, 0.5) is 11.4 Å². The van der Waals surface area contributed by atoms with E-state index >= 15 is 0 Å². The van der Waals surface area contributed by atoms with Crippen LogP contribution >= 0.6 is 0 Å². The molecule has 0 bridgehead atoms. The van der Waals surface area contributed by atoms with Gasteiger partial charge in [-0.15, -0.1) is 0 Å². The largest absolute Gasteiger partial charge is 0.325 e. The first-order valence-electron chi connectivity index (χ1n) is 7.00. The molecule has 3 N–H and O–H groups in total. The standard InChI is InChI=1S/C15H21N3O2/c1-3-4-13(16)15(20)17-12-5-6-14-11(9-12)7-8-18(14)10(2)19/h5-6,9,13H,3-4,7-8,16H2,1-2H3,(H,17,20)/t13-/m1/s1. The number of rotatable bonds is 4. The molecule has 1 heterocycles. The van der Waals surface area contributed by atoms with Gasteiger partial charge in [0, 0.05) is 24.8 Å². The van der Waals surface area contributed by atoms with Crippen molar-refractivity contribution in [2.75, 3.05) is 16.8 Å². The molecule has 1 aliphatic heterocycles. The molecule has 1 atom stereocenters. The molecule has 0 unspecified atom stereocenters. The highest BCUT2D eigenvalue weighted by atomic mass is 16.2. The highest BCUT2D eigenvalue weighted by Crippen LogP contribution is 2.30. The second-order valence-corrected chi connectivity index (χ2v) is 5.15. The van der Waals surface area contributed by atoms with Gasteiger partial charge in [-0.3, -0.25) is 9.59 Å². The third-order valence-corrected chi connectivity index (χ3v) is 3.56. The van der Waals surface area contributed by atoms with Crippen LogP contribution in [0, 0.1) is 0 Å². The predicted molar refractivity (Wildman–Crippen MR) is 79.7 cm³/mol. The van der Waals surface area contributed by atoms with Gasteiger partial charge < -0.3 is 16.0 Å². The molecule has 0 aromatic heterocycles. The van der Waals surface area contributed by atoms with Crippen molar-refractivity contribution >= 4 is 23.2 Å². The molecule has 0 saturated carbocycles. The summed E-state index contributed by atoms with van der Waals surface area (Å²) in [5.41, 5.74) is 8.55. The monoisotopic (exact) mass is 275 g/mol. The lowest BCUT2D eigenvalue weighted by Gasteiger charge is -2.15. The van der Waals surface area contributed by atoms with Crippen LogP contribution in [0.15, 0.2) is 18.2 Å². The minimum absolute atomic E-state index is 0.0468. The highest BCUT2D eigenvalue weighted by molar-refractivity contribution is 5.97. The zero-order chi connectivity index (χ0) is 14.7. The summed E-state index contributed by atoms with van der Waals surface area (Å²) >= 11 is 0. The van der Waals surface area contributed by atoms with E-state index in [4.69, 9.17) is 5.73 Å². The molecular weight excluding hydrogens is 254 g/mol. The van der Waals surface area contributed by atoms with Crippen LogP contribution in [-0.4, -0.2) is 24.4 Å². The van der Waals surface area contributed by atoms with Crippen molar-refractivity contribution in [3.05, 3.63) is 23.8 Å². The molecule has 0 aliphatic carbocycles. The van der Waals surface area contributed by atoms with Crippen molar-refractivity contribution in [1.82, 2.24) is 0 Å². The summed E-state index contributed by atoms with van der Waals surface area (Å²) in [6.07, 6.45) is 2.38. The molecule has 0 radical (unpaired) electrons. The molecule has 2 amide bonds. The Bertz CT molecular complexity index is 528. The van der Waals surface area contributed by atoms with Crippen molar-refractivity contribution in [3.8, 4) is 0 Å². The van der Waals surface area contributed by atoms with Crippen molar-refractivity contribution in [2.45, 2.75) is 39.2 Å². The molecule has 2 rings (SSSR count). The van der Waals surface area contributed by atoms with E-state index in [1.165, 1.54) is 0 Å². The molecule has 0 saturated heterocycles. The average molecular weight is 275 g/mol. The second kappa shape index (κ2) is 6.05. The Morgan fingerprint density at radius 1 is 1.45 bits per heavy atom. The van der Waals surface area contributed by atoms with Crippen molar-refractivity contribution in [1.29, 1.82) is 0 Å². The number of nitrogens with two attached hydrogens (primary N) is 1. The van der Waals surface area contributed by atoms with Crippen LogP contribution in [0.3, 0.4) is 0 Å². The fourth-order valence-corrected chi connectivity index (χ4v) is 2.48. The average Bonchev–Trinajstić information content (AvgIpc) is 2.82. The van der Waals surface area contributed by atoms with Crippen LogP contribution in [0.2, 0.25) is 0 Å². The number of carbonyl (C=O) groups excluding carboxylic acids is 2. The maximum atomic E-state index is 11.9. The molecule has 5 heteroatoms. The number of amides is 2. The van der Waals surface area contributed by atoms with E-state index in [1.807, 2.05) is 25.1 Å². The molecule has 108 valence electrons. The summed E-state index contributed by atoms with van der Waals surface area (Å²) in [6, 6.07) is 5.15. The van der Waals surface area contributed by atoms with Gasteiger partial charge in [0.05, 0.1) is 6.04 Å². The lowest BCUT2D eigenvalue weighted by molar-refractivity contribution is -0.118. The first kappa shape index (κ1) is 14.5. The molecule has 0 spiro atoms. The fraction of sp³-hybridized carbons (Fsp3) is 0.467. The topological polar surface area (TPSA) is 75.4 Å². The summed E-state index contributed by atoms with van der Waals surface area (Å²) in [5, 5.41) is 2.83. The Balaban J connectivity index is 2.09. The van der Waals surface area contributed by atoms with E-state index in [1.54, 1.807) is 11.8 Å². The first-order valence-corrected chi connectivity index (χ1v) is 7.00. The number of hydrogen-bond acceptors (Lipinski definition) is 3. The molecule has 1 aromatic carbocycles.